The number of likely N-dealkylation sites (N-methyl/N-ethyl adjacent to an activating group) is 1. The van der Waals surface area contributed by atoms with Crippen LogP contribution in [0.15, 0.2) is 24.3 Å². The Hall–Kier alpha value is -0.450. The highest BCUT2D eigenvalue weighted by atomic mass is 31.2. The highest BCUT2D eigenvalue weighted by Gasteiger charge is 2.48. The molecule has 30 heavy (non-hydrogen) atoms. The molecule has 0 saturated heterocycles. The highest BCUT2D eigenvalue weighted by Crippen LogP contribution is 2.52. The molecule has 0 aliphatic carbocycles. The van der Waals surface area contributed by atoms with E-state index >= 15 is 0 Å². The van der Waals surface area contributed by atoms with Gasteiger partial charge in [0, 0.05) is 0 Å². The third kappa shape index (κ3) is 16.3. The molecule has 0 aliphatic heterocycles. The van der Waals surface area contributed by atoms with Crippen LogP contribution < -0.4 is 0 Å². The van der Waals surface area contributed by atoms with E-state index < -0.39 is 12.9 Å². The molecule has 0 spiro atoms. The molecule has 0 aromatic rings. The van der Waals surface area contributed by atoms with Gasteiger partial charge in [0.1, 0.15) is 6.54 Å². The monoisotopic (exact) mass is 446 g/mol. The Kier molecular flexibility index (Phi) is 16.0. The molecule has 0 aromatic carbocycles. The van der Waals surface area contributed by atoms with Crippen molar-refractivity contribution in [2.75, 3.05) is 27.7 Å². The first-order valence-corrected chi connectivity index (χ1v) is 13.5. The fourth-order valence-corrected chi connectivity index (χ4v) is 4.67. The fourth-order valence-electron chi connectivity index (χ4n) is 3.61. The van der Waals surface area contributed by atoms with E-state index in [1.165, 1.54) is 44.9 Å². The average Bonchev–Trinajstić information content (AvgIpc) is 2.62. The summed E-state index contributed by atoms with van der Waals surface area (Å²) in [5.41, 5.74) is 0. The topological polar surface area (TPSA) is 77.8 Å². The van der Waals surface area contributed by atoms with Gasteiger partial charge >= 0.3 is 7.60 Å². The summed E-state index contributed by atoms with van der Waals surface area (Å²) in [4.78, 5) is 19.1. The second-order valence-electron chi connectivity index (χ2n) is 9.65. The Bertz CT molecular complexity index is 522. The van der Waals surface area contributed by atoms with Gasteiger partial charge in [0.25, 0.3) is 0 Å². The van der Waals surface area contributed by atoms with Crippen LogP contribution in [0.5, 0.6) is 0 Å². The summed E-state index contributed by atoms with van der Waals surface area (Å²) in [5, 5.41) is 8.59. The Balaban J connectivity index is 3.76. The molecular formula is C24H49NO4P+. The summed E-state index contributed by atoms with van der Waals surface area (Å²) in [7, 11) is 0.944. The summed E-state index contributed by atoms with van der Waals surface area (Å²) >= 11 is 0. The van der Waals surface area contributed by atoms with Crippen molar-refractivity contribution >= 4 is 7.60 Å². The maximum atomic E-state index is 11.8. The molecule has 0 bridgehead atoms. The molecular weight excluding hydrogens is 397 g/mol. The van der Waals surface area contributed by atoms with E-state index in [-0.39, 0.29) is 13.0 Å². The fraction of sp³-hybridized carbons (Fsp3) is 0.833. The molecule has 1 atom stereocenters. The molecule has 1 unspecified atom stereocenters. The van der Waals surface area contributed by atoms with Crippen LogP contribution in [-0.2, 0) is 4.57 Å². The highest BCUT2D eigenvalue weighted by molar-refractivity contribution is 7.53. The van der Waals surface area contributed by atoms with Gasteiger partial charge < -0.3 is 19.4 Å². The van der Waals surface area contributed by atoms with E-state index in [1.54, 1.807) is 0 Å². The lowest BCUT2D eigenvalue weighted by atomic mass is 10.1. The summed E-state index contributed by atoms with van der Waals surface area (Å²) in [6.45, 7) is 2.29. The van der Waals surface area contributed by atoms with Crippen molar-refractivity contribution in [1.29, 1.82) is 0 Å². The Morgan fingerprint density at radius 2 is 1.13 bits per heavy atom. The van der Waals surface area contributed by atoms with Crippen LogP contribution in [0, 0.1) is 0 Å². The minimum absolute atomic E-state index is 0.0503. The molecule has 178 valence electrons. The molecule has 0 saturated carbocycles. The first kappa shape index (κ1) is 29.5. The number of nitrogens with zero attached hydrogens (tertiary/aromatic N) is 1. The predicted octanol–water partition coefficient (Wildman–Crippen LogP) is 6.15. The molecule has 0 rings (SSSR count). The zero-order chi connectivity index (χ0) is 22.9. The number of aliphatic hydroxyl groups is 1. The van der Waals surface area contributed by atoms with Gasteiger partial charge in [-0.2, -0.15) is 0 Å². The predicted molar refractivity (Wildman–Crippen MR) is 128 cm³/mol. The van der Waals surface area contributed by atoms with Crippen LogP contribution in [0.3, 0.4) is 0 Å². The number of rotatable bonds is 19. The van der Waals surface area contributed by atoms with Crippen molar-refractivity contribution in [2.24, 2.45) is 0 Å². The number of unbranched alkanes of at least 4 members (excludes halogenated alkanes) is 10. The van der Waals surface area contributed by atoms with Crippen LogP contribution >= 0.6 is 7.60 Å². The number of quaternary nitrogens is 1. The van der Waals surface area contributed by atoms with Crippen molar-refractivity contribution in [3.05, 3.63) is 24.3 Å². The minimum atomic E-state index is -4.55. The van der Waals surface area contributed by atoms with Gasteiger partial charge in [-0.15, -0.1) is 0 Å². The molecule has 0 fully saturated rings. The van der Waals surface area contributed by atoms with Crippen molar-refractivity contribution < 1.29 is 23.9 Å². The largest absolute Gasteiger partial charge is 0.373 e. The smallest absolute Gasteiger partial charge is 0.362 e. The first-order chi connectivity index (χ1) is 14.0. The summed E-state index contributed by atoms with van der Waals surface area (Å²) in [6, 6.07) is 0. The van der Waals surface area contributed by atoms with E-state index in [4.69, 9.17) is 0 Å². The molecule has 0 radical (unpaired) electrons. The Morgan fingerprint density at radius 3 is 1.53 bits per heavy atom. The SMILES string of the molecule is CCCCC/C=C\CCCC/C=C\CCCCCCC(O)(C[N+](C)(C)C)P(=O)(O)O. The van der Waals surface area contributed by atoms with Crippen LogP contribution in [0.1, 0.15) is 96.8 Å². The zero-order valence-electron chi connectivity index (χ0n) is 20.1. The van der Waals surface area contributed by atoms with Crippen molar-refractivity contribution in [1.82, 2.24) is 0 Å². The maximum Gasteiger partial charge on any atom is 0.362 e. The zero-order valence-corrected chi connectivity index (χ0v) is 21.0. The van der Waals surface area contributed by atoms with Crippen molar-refractivity contribution in [3.63, 3.8) is 0 Å². The van der Waals surface area contributed by atoms with Gasteiger partial charge in [-0.1, -0.05) is 56.9 Å². The van der Waals surface area contributed by atoms with Gasteiger partial charge in [-0.05, 0) is 64.2 Å². The average molecular weight is 447 g/mol. The molecule has 0 amide bonds. The normalized spacial score (nSPS) is 15.3. The second-order valence-corrected chi connectivity index (χ2v) is 11.6. The van der Waals surface area contributed by atoms with Gasteiger partial charge in [0.15, 0.2) is 0 Å². The van der Waals surface area contributed by atoms with Gasteiger partial charge in [0.05, 0.1) is 21.1 Å². The third-order valence-electron chi connectivity index (χ3n) is 5.27. The molecule has 3 N–H and O–H groups in total. The van der Waals surface area contributed by atoms with Gasteiger partial charge in [0.2, 0.25) is 5.34 Å². The van der Waals surface area contributed by atoms with E-state index in [2.05, 4.69) is 31.2 Å². The lowest BCUT2D eigenvalue weighted by Crippen LogP contribution is -2.49. The summed E-state index contributed by atoms with van der Waals surface area (Å²) in [6.07, 6.45) is 24.0. The van der Waals surface area contributed by atoms with Crippen LogP contribution in [0.4, 0.5) is 0 Å². The van der Waals surface area contributed by atoms with Crippen molar-refractivity contribution in [3.8, 4) is 0 Å². The Labute approximate surface area is 186 Å². The Morgan fingerprint density at radius 1 is 0.733 bits per heavy atom. The number of allylic oxidation sites excluding steroid dienone is 4. The maximum absolute atomic E-state index is 11.8. The standard InChI is InChI=1S/C24H48NO4P/c1-5-6-7-8-9-10-11-12-13-14-15-16-17-18-19-20-21-22-24(26,30(27,28)29)23-25(2,3)4/h9-10,15-16,26H,5-8,11-14,17-23H2,1-4H3,(H-,27,28,29)/p+1/b10-9-,16-15-. The van der Waals surface area contributed by atoms with Crippen LogP contribution in [0.25, 0.3) is 0 Å². The summed E-state index contributed by atoms with van der Waals surface area (Å²) < 4.78 is 12.1. The van der Waals surface area contributed by atoms with E-state index in [0.29, 0.717) is 10.9 Å². The van der Waals surface area contributed by atoms with E-state index in [9.17, 15) is 19.5 Å². The number of hydrogen-bond donors (Lipinski definition) is 3. The van der Waals surface area contributed by atoms with E-state index in [0.717, 1.165) is 32.1 Å². The van der Waals surface area contributed by atoms with Crippen LogP contribution in [-0.4, -0.2) is 52.4 Å². The second kappa shape index (κ2) is 16.2. The van der Waals surface area contributed by atoms with E-state index in [1.807, 2.05) is 21.1 Å². The molecule has 0 heterocycles. The lowest BCUT2D eigenvalue weighted by molar-refractivity contribution is -0.875. The van der Waals surface area contributed by atoms with Gasteiger partial charge in [-0.25, -0.2) is 0 Å². The molecule has 6 heteroatoms. The minimum Gasteiger partial charge on any atom is -0.373 e. The summed E-state index contributed by atoms with van der Waals surface area (Å²) in [5.74, 6) is 0. The number of hydrogen-bond acceptors (Lipinski definition) is 2. The molecule has 0 aliphatic rings. The third-order valence-corrected chi connectivity index (χ3v) is 6.72. The molecule has 5 nitrogen and oxygen atoms in total. The lowest BCUT2D eigenvalue weighted by Gasteiger charge is -2.35. The van der Waals surface area contributed by atoms with Gasteiger partial charge in [-0.3, -0.25) is 4.57 Å². The first-order valence-electron chi connectivity index (χ1n) is 11.9. The quantitative estimate of drug-likeness (QED) is 0.0962. The van der Waals surface area contributed by atoms with Crippen molar-refractivity contribution in [2.45, 2.75) is 102 Å². The molecule has 0 aromatic heterocycles. The van der Waals surface area contributed by atoms with Crippen LogP contribution in [0.2, 0.25) is 0 Å².